The smallest absolute Gasteiger partial charge is 0.303 e. The fourth-order valence-corrected chi connectivity index (χ4v) is 1.79. The number of carbonyl (C=O) groups is 2. The summed E-state index contributed by atoms with van der Waals surface area (Å²) in [6, 6.07) is 6.31. The Morgan fingerprint density at radius 2 is 2.22 bits per heavy atom. The number of amides is 1. The molecule has 1 atom stereocenters. The van der Waals surface area contributed by atoms with Gasteiger partial charge in [0.15, 0.2) is 0 Å². The second kappa shape index (κ2) is 4.75. The van der Waals surface area contributed by atoms with Gasteiger partial charge in [-0.25, -0.2) is 0 Å². The zero-order valence-corrected chi connectivity index (χ0v) is 9.43. The molecular formula is C12H11N3O3. The molecule has 1 unspecified atom stereocenters. The third-order valence-electron chi connectivity index (χ3n) is 2.70. The first-order valence-corrected chi connectivity index (χ1v) is 5.43. The van der Waals surface area contributed by atoms with E-state index in [2.05, 4.69) is 10.6 Å². The van der Waals surface area contributed by atoms with E-state index in [1.807, 2.05) is 6.07 Å². The Labute approximate surface area is 103 Å². The van der Waals surface area contributed by atoms with Crippen molar-refractivity contribution in [2.24, 2.45) is 0 Å². The highest BCUT2D eigenvalue weighted by Gasteiger charge is 2.25. The monoisotopic (exact) mass is 245 g/mol. The molecule has 0 spiro atoms. The topological polar surface area (TPSA) is 102 Å². The van der Waals surface area contributed by atoms with Crippen molar-refractivity contribution in [2.45, 2.75) is 18.9 Å². The van der Waals surface area contributed by atoms with E-state index in [1.165, 1.54) is 0 Å². The van der Waals surface area contributed by atoms with Crippen molar-refractivity contribution in [3.63, 3.8) is 0 Å². The molecule has 1 heterocycles. The zero-order chi connectivity index (χ0) is 13.1. The number of benzene rings is 1. The number of carboxylic acid groups (broad SMARTS) is 1. The second-order valence-electron chi connectivity index (χ2n) is 3.99. The van der Waals surface area contributed by atoms with E-state index in [0.29, 0.717) is 16.9 Å². The van der Waals surface area contributed by atoms with Crippen molar-refractivity contribution in [2.75, 3.05) is 10.6 Å². The largest absolute Gasteiger partial charge is 0.481 e. The van der Waals surface area contributed by atoms with Crippen LogP contribution in [0.15, 0.2) is 18.2 Å². The molecule has 0 radical (unpaired) electrons. The molecule has 0 saturated heterocycles. The summed E-state index contributed by atoms with van der Waals surface area (Å²) in [5.41, 5.74) is 1.73. The number of carboxylic acids is 1. The maximum atomic E-state index is 11.7. The van der Waals surface area contributed by atoms with E-state index < -0.39 is 12.0 Å². The Bertz CT molecular complexity index is 548. The van der Waals surface area contributed by atoms with Crippen LogP contribution < -0.4 is 10.6 Å². The normalized spacial score (nSPS) is 17.1. The van der Waals surface area contributed by atoms with Crippen molar-refractivity contribution < 1.29 is 14.7 Å². The molecule has 2 rings (SSSR count). The molecule has 0 saturated carbocycles. The molecule has 1 amide bonds. The van der Waals surface area contributed by atoms with Crippen molar-refractivity contribution in [3.8, 4) is 6.07 Å². The highest BCUT2D eigenvalue weighted by molar-refractivity contribution is 6.03. The number of fused-ring (bicyclic) bond motifs is 1. The third-order valence-corrected chi connectivity index (χ3v) is 2.70. The van der Waals surface area contributed by atoms with Crippen LogP contribution in [0.3, 0.4) is 0 Å². The van der Waals surface area contributed by atoms with Gasteiger partial charge in [-0.3, -0.25) is 9.59 Å². The fourth-order valence-electron chi connectivity index (χ4n) is 1.79. The minimum atomic E-state index is -0.943. The number of nitriles is 1. The molecule has 1 aliphatic heterocycles. The average Bonchev–Trinajstić information content (AvgIpc) is 2.35. The van der Waals surface area contributed by atoms with E-state index in [9.17, 15) is 9.59 Å². The Balaban J connectivity index is 2.17. The number of aliphatic carboxylic acids is 1. The molecule has 6 nitrogen and oxygen atoms in total. The average molecular weight is 245 g/mol. The Morgan fingerprint density at radius 1 is 1.44 bits per heavy atom. The SMILES string of the molecule is N#Cc1ccc2c(c1)NC(CCC(=O)O)C(=O)N2. The Morgan fingerprint density at radius 3 is 2.89 bits per heavy atom. The number of nitrogens with zero attached hydrogens (tertiary/aromatic N) is 1. The van der Waals surface area contributed by atoms with Crippen LogP contribution in [0.5, 0.6) is 0 Å². The predicted octanol–water partition coefficient (Wildman–Crippen LogP) is 1.16. The van der Waals surface area contributed by atoms with Crippen LogP contribution in [0.4, 0.5) is 11.4 Å². The van der Waals surface area contributed by atoms with Crippen LogP contribution in [-0.4, -0.2) is 23.0 Å². The van der Waals surface area contributed by atoms with Crippen molar-refractivity contribution in [3.05, 3.63) is 23.8 Å². The third kappa shape index (κ3) is 2.40. The van der Waals surface area contributed by atoms with Crippen LogP contribution in [-0.2, 0) is 9.59 Å². The molecule has 0 aromatic heterocycles. The van der Waals surface area contributed by atoms with Gasteiger partial charge in [-0.1, -0.05) is 0 Å². The van der Waals surface area contributed by atoms with E-state index in [-0.39, 0.29) is 18.7 Å². The Hall–Kier alpha value is -2.55. The van der Waals surface area contributed by atoms with Gasteiger partial charge in [0.1, 0.15) is 6.04 Å². The van der Waals surface area contributed by atoms with E-state index in [1.54, 1.807) is 18.2 Å². The van der Waals surface area contributed by atoms with Gasteiger partial charge in [0.05, 0.1) is 23.0 Å². The number of nitrogens with one attached hydrogen (secondary N) is 2. The summed E-state index contributed by atoms with van der Waals surface area (Å²) in [5.74, 6) is -1.20. The number of hydrogen-bond donors (Lipinski definition) is 3. The number of rotatable bonds is 3. The summed E-state index contributed by atoms with van der Waals surface area (Å²) in [7, 11) is 0. The minimum Gasteiger partial charge on any atom is -0.481 e. The highest BCUT2D eigenvalue weighted by atomic mass is 16.4. The van der Waals surface area contributed by atoms with Gasteiger partial charge in [0.25, 0.3) is 0 Å². The summed E-state index contributed by atoms with van der Waals surface area (Å²) < 4.78 is 0. The van der Waals surface area contributed by atoms with Crippen LogP contribution in [0, 0.1) is 11.3 Å². The molecule has 0 fully saturated rings. The van der Waals surface area contributed by atoms with Crippen molar-refractivity contribution in [1.29, 1.82) is 5.26 Å². The van der Waals surface area contributed by atoms with E-state index in [4.69, 9.17) is 10.4 Å². The first kappa shape index (κ1) is 11.9. The van der Waals surface area contributed by atoms with Crippen molar-refractivity contribution in [1.82, 2.24) is 0 Å². The highest BCUT2D eigenvalue weighted by Crippen LogP contribution is 2.28. The molecule has 1 aromatic rings. The summed E-state index contributed by atoms with van der Waals surface area (Å²) >= 11 is 0. The predicted molar refractivity (Wildman–Crippen MR) is 64.1 cm³/mol. The quantitative estimate of drug-likeness (QED) is 0.741. The lowest BCUT2D eigenvalue weighted by molar-refractivity contribution is -0.137. The standard InChI is InChI=1S/C12H11N3O3/c13-6-7-1-2-8-10(5-7)14-9(12(18)15-8)3-4-11(16)17/h1-2,5,9,14H,3-4H2,(H,15,18)(H,16,17). The summed E-state index contributed by atoms with van der Waals surface area (Å²) in [5, 5.41) is 23.0. The van der Waals surface area contributed by atoms with E-state index >= 15 is 0 Å². The minimum absolute atomic E-state index is 0.0850. The van der Waals surface area contributed by atoms with Crippen LogP contribution in [0.1, 0.15) is 18.4 Å². The lowest BCUT2D eigenvalue weighted by atomic mass is 10.1. The summed E-state index contributed by atoms with van der Waals surface area (Å²) in [4.78, 5) is 22.2. The second-order valence-corrected chi connectivity index (χ2v) is 3.99. The molecule has 0 bridgehead atoms. The van der Waals surface area contributed by atoms with Gasteiger partial charge in [0.2, 0.25) is 5.91 Å². The molecule has 0 aliphatic carbocycles. The van der Waals surface area contributed by atoms with Crippen LogP contribution in [0.2, 0.25) is 0 Å². The van der Waals surface area contributed by atoms with Gasteiger partial charge in [-0.05, 0) is 24.6 Å². The maximum Gasteiger partial charge on any atom is 0.303 e. The first-order chi connectivity index (χ1) is 8.60. The van der Waals surface area contributed by atoms with Gasteiger partial charge < -0.3 is 15.7 Å². The lowest BCUT2D eigenvalue weighted by Gasteiger charge is -2.26. The summed E-state index contributed by atoms with van der Waals surface area (Å²) in [6.07, 6.45) is 0.121. The molecule has 3 N–H and O–H groups in total. The van der Waals surface area contributed by atoms with Gasteiger partial charge in [-0.2, -0.15) is 5.26 Å². The van der Waals surface area contributed by atoms with Gasteiger partial charge >= 0.3 is 5.97 Å². The molecule has 1 aliphatic rings. The van der Waals surface area contributed by atoms with Crippen LogP contribution >= 0.6 is 0 Å². The zero-order valence-electron chi connectivity index (χ0n) is 9.43. The first-order valence-electron chi connectivity index (χ1n) is 5.43. The number of carbonyl (C=O) groups excluding carboxylic acids is 1. The van der Waals surface area contributed by atoms with Gasteiger partial charge in [0, 0.05) is 6.42 Å². The van der Waals surface area contributed by atoms with E-state index in [0.717, 1.165) is 0 Å². The Kier molecular flexibility index (Phi) is 3.15. The number of hydrogen-bond acceptors (Lipinski definition) is 4. The molecule has 6 heteroatoms. The number of anilines is 2. The maximum absolute atomic E-state index is 11.7. The van der Waals surface area contributed by atoms with Gasteiger partial charge in [-0.15, -0.1) is 0 Å². The fraction of sp³-hybridized carbons (Fsp3) is 0.250. The summed E-state index contributed by atoms with van der Waals surface area (Å²) in [6.45, 7) is 0. The van der Waals surface area contributed by atoms with Crippen molar-refractivity contribution >= 4 is 23.3 Å². The molecule has 1 aromatic carbocycles. The van der Waals surface area contributed by atoms with Crippen LogP contribution in [0.25, 0.3) is 0 Å². The molecular weight excluding hydrogens is 234 g/mol. The lowest BCUT2D eigenvalue weighted by Crippen LogP contribution is -2.39. The molecule has 92 valence electrons. The molecule has 18 heavy (non-hydrogen) atoms.